The Balaban J connectivity index is 0.859. The van der Waals surface area contributed by atoms with Crippen molar-refractivity contribution in [1.82, 2.24) is 54.0 Å². The number of ether oxygens (including phenoxy) is 5. The van der Waals surface area contributed by atoms with Crippen LogP contribution in [-0.4, -0.2) is 194 Å². The molecule has 2 aliphatic rings. The summed E-state index contributed by atoms with van der Waals surface area (Å²) in [5, 5.41) is 54.8. The van der Waals surface area contributed by atoms with Gasteiger partial charge in [0.05, 0.1) is 41.8 Å². The number of carbonyl (C=O) groups excluding carboxylic acids is 8. The second-order valence-corrected chi connectivity index (χ2v) is 22.9. The summed E-state index contributed by atoms with van der Waals surface area (Å²) < 4.78 is 40.0. The van der Waals surface area contributed by atoms with E-state index in [4.69, 9.17) is 54.5 Å². The van der Waals surface area contributed by atoms with Crippen LogP contribution in [-0.2, 0) is 66.1 Å². The van der Waals surface area contributed by atoms with Crippen LogP contribution < -0.4 is 41.6 Å². The first-order valence-corrected chi connectivity index (χ1v) is 31.2. The van der Waals surface area contributed by atoms with Crippen molar-refractivity contribution in [3.8, 4) is 28.8 Å². The van der Waals surface area contributed by atoms with Crippen LogP contribution in [0.15, 0.2) is 83.4 Å². The molecule has 0 unspecified atom stereocenters. The molecule has 3 aromatic carbocycles. The number of oxazole rings is 1. The number of aliphatic carboxylic acids is 1. The Morgan fingerprint density at radius 2 is 1.52 bits per heavy atom. The summed E-state index contributed by atoms with van der Waals surface area (Å²) in [5.41, 5.74) is 15.5. The van der Waals surface area contributed by atoms with Crippen LogP contribution in [0.3, 0.4) is 0 Å². The van der Waals surface area contributed by atoms with Crippen molar-refractivity contribution in [2.75, 3.05) is 51.0 Å². The molecule has 34 nitrogen and oxygen atoms in total. The number of anilines is 2. The van der Waals surface area contributed by atoms with Gasteiger partial charge in [-0.1, -0.05) is 25.1 Å². The summed E-state index contributed by atoms with van der Waals surface area (Å²) in [6.45, 7) is 7.19. The number of carboxylic acid groups (broad SMARTS) is 1. The van der Waals surface area contributed by atoms with Gasteiger partial charge in [-0.15, -0.1) is 0 Å². The highest BCUT2D eigenvalue weighted by Gasteiger charge is 2.48. The molecule has 520 valence electrons. The molecule has 0 spiro atoms. The fourth-order valence-corrected chi connectivity index (χ4v) is 11.1. The molecule has 0 aliphatic carbocycles. The number of benzene rings is 3. The van der Waals surface area contributed by atoms with Crippen LogP contribution in [0.4, 0.5) is 16.4 Å². The molecule has 0 radical (unpaired) electrons. The van der Waals surface area contributed by atoms with Crippen molar-refractivity contribution in [3.05, 3.63) is 119 Å². The third-order valence-electron chi connectivity index (χ3n) is 16.1. The number of fused-ring (bicyclic) bond motifs is 4. The average Bonchev–Trinajstić information content (AvgIpc) is 1.60. The van der Waals surface area contributed by atoms with E-state index in [0.29, 0.717) is 63.4 Å². The number of nitrogens with two attached hydrogens (primary N) is 2. The molecule has 1 saturated heterocycles. The first-order valence-electron chi connectivity index (χ1n) is 31.2. The lowest BCUT2D eigenvalue weighted by Crippen LogP contribution is -2.61. The van der Waals surface area contributed by atoms with Gasteiger partial charge in [-0.3, -0.25) is 48.5 Å². The van der Waals surface area contributed by atoms with Crippen LogP contribution in [0.25, 0.3) is 44.5 Å². The molecule has 11 N–H and O–H groups in total. The Bertz CT molecular complexity index is 4550. The van der Waals surface area contributed by atoms with E-state index in [2.05, 4.69) is 26.0 Å². The molecule has 8 amide bonds. The Morgan fingerprint density at radius 1 is 0.798 bits per heavy atom. The highest BCUT2D eigenvalue weighted by Crippen LogP contribution is 2.38. The third-order valence-corrected chi connectivity index (χ3v) is 16.1. The maximum absolute atomic E-state index is 14.1. The zero-order valence-electron chi connectivity index (χ0n) is 54.4. The number of aryl methyl sites for hydroxylation is 4. The van der Waals surface area contributed by atoms with Gasteiger partial charge in [-0.05, 0) is 74.7 Å². The van der Waals surface area contributed by atoms with Gasteiger partial charge in [0.1, 0.15) is 59.0 Å². The van der Waals surface area contributed by atoms with Crippen LogP contribution in [0.2, 0.25) is 0 Å². The number of nitrogens with zero attached hydrogens (tertiary/aromatic N) is 10. The molecule has 0 saturated carbocycles. The van der Waals surface area contributed by atoms with Gasteiger partial charge in [-0.25, -0.2) is 29.5 Å². The number of aliphatic hydroxyl groups excluding tert-OH is 3. The summed E-state index contributed by atoms with van der Waals surface area (Å²) in [6.07, 6.45) is -3.29. The Labute approximate surface area is 562 Å². The normalized spacial score (nSPS) is 16.8. The highest BCUT2D eigenvalue weighted by atomic mass is 16.7. The molecular formula is C65H71N15O19. The van der Waals surface area contributed by atoms with Gasteiger partial charge in [-0.2, -0.15) is 5.10 Å². The molecule has 1 fully saturated rings. The van der Waals surface area contributed by atoms with Gasteiger partial charge in [0, 0.05) is 106 Å². The van der Waals surface area contributed by atoms with Crippen molar-refractivity contribution in [3.63, 3.8) is 0 Å². The van der Waals surface area contributed by atoms with Gasteiger partial charge in [0.25, 0.3) is 17.7 Å². The number of imidazole rings is 1. The number of aromatic nitrogens is 8. The molecule has 10 rings (SSSR count). The van der Waals surface area contributed by atoms with Crippen LogP contribution in [0, 0.1) is 13.8 Å². The molecule has 8 aromatic rings. The van der Waals surface area contributed by atoms with E-state index in [1.54, 1.807) is 34.5 Å². The van der Waals surface area contributed by atoms with E-state index in [1.165, 1.54) is 49.4 Å². The lowest BCUT2D eigenvalue weighted by atomic mass is 9.99. The van der Waals surface area contributed by atoms with Gasteiger partial charge in [0.15, 0.2) is 17.8 Å². The second-order valence-electron chi connectivity index (χ2n) is 22.9. The van der Waals surface area contributed by atoms with E-state index in [9.17, 15) is 63.6 Å². The number of methoxy groups -OCH3 is 1. The fraction of sp³-hybridized carbons (Fsp3) is 0.354. The molecule has 0 bridgehead atoms. The number of hydrogen-bond donors (Lipinski definition) is 9. The maximum Gasteiger partial charge on any atom is 0.409 e. The van der Waals surface area contributed by atoms with Crippen molar-refractivity contribution in [1.29, 1.82) is 0 Å². The predicted molar refractivity (Wildman–Crippen MR) is 349 cm³/mol. The lowest BCUT2D eigenvalue weighted by molar-refractivity contribution is -0.271. The topological polar surface area (TPSA) is 468 Å². The molecule has 5 atom stereocenters. The number of allylic oxidation sites excluding steroid dienone is 2. The zero-order chi connectivity index (χ0) is 71.1. The quantitative estimate of drug-likeness (QED) is 0.0185. The van der Waals surface area contributed by atoms with Crippen LogP contribution in [0.5, 0.6) is 17.2 Å². The first kappa shape index (κ1) is 70.2. The largest absolute Gasteiger partial charge is 0.495 e. The van der Waals surface area contributed by atoms with Gasteiger partial charge in [0.2, 0.25) is 41.6 Å². The number of primary amides is 2. The predicted octanol–water partition coefficient (Wildman–Crippen LogP) is 2.77. The van der Waals surface area contributed by atoms with Crippen LogP contribution >= 0.6 is 0 Å². The minimum Gasteiger partial charge on any atom is -0.495 e. The minimum atomic E-state index is -2.03. The van der Waals surface area contributed by atoms with E-state index >= 15 is 0 Å². The first-order chi connectivity index (χ1) is 47.4. The summed E-state index contributed by atoms with van der Waals surface area (Å²) in [4.78, 5) is 136. The molecule has 7 heterocycles. The maximum atomic E-state index is 14.1. The summed E-state index contributed by atoms with van der Waals surface area (Å²) in [5.74, 6) is -5.31. The average molecular weight is 1370 g/mol. The monoisotopic (exact) mass is 1370 g/mol. The SMILES string of the molecule is CCc1nc(C)oc1C(=O)Nc1nc2cc(C(N)=O)cc(OCCCN(C)C(=O)OCc3ccc(O[C@@H]4O[C@H](C(=O)O)[C@@H](O)[C@H](O)[C@H]4O)c(NC(=O)CCNC(=O)CCN4C(=O)C=CC4=O)c3)c2n1C/C=C/Cn1c2nc(-c3cc(C)nn3CC)ncc2c2cc(C(N)=O)cc(OC)c21. The Hall–Kier alpha value is -11.6. The van der Waals surface area contributed by atoms with Crippen molar-refractivity contribution in [2.24, 2.45) is 11.5 Å². The van der Waals surface area contributed by atoms with Crippen molar-refractivity contribution >= 4 is 98.0 Å². The molecular weight excluding hydrogens is 1290 g/mol. The molecule has 2 aliphatic heterocycles. The summed E-state index contributed by atoms with van der Waals surface area (Å²) in [6, 6.07) is 12.0. The molecule has 34 heteroatoms. The third kappa shape index (κ3) is 15.5. The van der Waals surface area contributed by atoms with E-state index in [-0.39, 0.29) is 116 Å². The molecule has 99 heavy (non-hydrogen) atoms. The van der Waals surface area contributed by atoms with Crippen LogP contribution in [0.1, 0.15) is 87.2 Å². The molecule has 5 aromatic heterocycles. The van der Waals surface area contributed by atoms with Gasteiger partial charge >= 0.3 is 12.1 Å². The van der Waals surface area contributed by atoms with Crippen molar-refractivity contribution < 1.29 is 91.7 Å². The summed E-state index contributed by atoms with van der Waals surface area (Å²) >= 11 is 0. The summed E-state index contributed by atoms with van der Waals surface area (Å²) in [7, 11) is 2.94. The number of carboxylic acids is 1. The van der Waals surface area contributed by atoms with Crippen molar-refractivity contribution in [2.45, 2.75) is 110 Å². The Morgan fingerprint density at radius 3 is 2.21 bits per heavy atom. The number of amides is 8. The second kappa shape index (κ2) is 30.2. The Kier molecular flexibility index (Phi) is 21.4. The minimum absolute atomic E-state index is 0.0210. The standard InChI is InChI=1S/C65H71N15O19/c1-7-39-55(97-33(4)70-39)61(90)74-64-72-41-27-36(58(67)89)29-45(51(41)79(64)21-10-9-20-78-50-37(26-35(57(66)88)28-44(50)94-6)38-30-69-59(73-60(38)78)42-24-32(3)75-80(42)8-2)95-23-11-19-76(5)65(93)96-31-34-12-13-43(98-63-54(87)52(85)53(86)56(99-63)62(91)92)40(25-34)71-47(82)16-18-68-46(81)17-22-77-48(83)14-15-49(77)84/h9-10,12-15,24-30,52-54,56,63,85-87H,7-8,11,16-23,31H2,1-6H3,(H2,66,88)(H2,67,89)(H,68,81)(H,71,82)(H,91,92)(H,72,74,90)/b10-9+/t52-,53-,54+,56-,63+/m0/s1. The van der Waals surface area contributed by atoms with Gasteiger partial charge < -0.3 is 84.7 Å². The highest BCUT2D eigenvalue weighted by molar-refractivity contribution is 6.13. The van der Waals surface area contributed by atoms with E-state index < -0.39 is 90.7 Å². The smallest absolute Gasteiger partial charge is 0.409 e. The lowest BCUT2D eigenvalue weighted by Gasteiger charge is -2.38. The number of imide groups is 1. The number of hydrogen-bond acceptors (Lipinski definition) is 23. The van der Waals surface area contributed by atoms with E-state index in [1.807, 2.05) is 43.6 Å². The zero-order valence-corrected chi connectivity index (χ0v) is 54.4. The number of nitrogens with one attached hydrogen (secondary N) is 3. The van der Waals surface area contributed by atoms with E-state index in [0.717, 1.165) is 22.7 Å². The number of aliphatic hydroxyl groups is 3. The fourth-order valence-electron chi connectivity index (χ4n) is 11.1. The number of rotatable bonds is 29. The number of carbonyl (C=O) groups is 9.